The van der Waals surface area contributed by atoms with Gasteiger partial charge in [-0.15, -0.1) is 0 Å². The van der Waals surface area contributed by atoms with Gasteiger partial charge in [0, 0.05) is 17.7 Å². The Morgan fingerprint density at radius 3 is 2.18 bits per heavy atom. The number of Topliss-reactive ketones (excluding diaryl/α,β-unsaturated/α-hetero) is 1. The summed E-state index contributed by atoms with van der Waals surface area (Å²) >= 11 is 0. The number of carbonyl (C=O) groups excluding carboxylic acids is 3. The Hall–Kier alpha value is -4.07. The molecule has 0 spiro atoms. The van der Waals surface area contributed by atoms with Gasteiger partial charge in [0.15, 0.2) is 23.9 Å². The van der Waals surface area contributed by atoms with E-state index in [4.69, 9.17) is 18.6 Å². The molecular formula is C26H27NO7. The number of rotatable bonds is 8. The van der Waals surface area contributed by atoms with Gasteiger partial charge in [0.1, 0.15) is 0 Å². The summed E-state index contributed by atoms with van der Waals surface area (Å²) in [6.07, 6.45) is 1.36. The van der Waals surface area contributed by atoms with E-state index in [-0.39, 0.29) is 28.5 Å². The summed E-state index contributed by atoms with van der Waals surface area (Å²) in [5.41, 5.74) is 4.60. The highest BCUT2D eigenvalue weighted by Crippen LogP contribution is 2.34. The third-order valence-electron chi connectivity index (χ3n) is 5.85. The highest BCUT2D eigenvalue weighted by atomic mass is 16.5. The van der Waals surface area contributed by atoms with Crippen molar-refractivity contribution in [2.45, 2.75) is 27.7 Å². The molecule has 0 aliphatic carbocycles. The summed E-state index contributed by atoms with van der Waals surface area (Å²) in [4.78, 5) is 38.3. The van der Waals surface area contributed by atoms with Gasteiger partial charge < -0.3 is 23.9 Å². The number of esters is 1. The Balaban J connectivity index is 1.87. The highest BCUT2D eigenvalue weighted by Gasteiger charge is 2.23. The lowest BCUT2D eigenvalue weighted by Gasteiger charge is -2.16. The number of carbonyl (C=O) groups is 3. The molecule has 8 heteroatoms. The van der Waals surface area contributed by atoms with Crippen molar-refractivity contribution in [1.82, 2.24) is 0 Å². The smallest absolute Gasteiger partial charge is 0.340 e. The molecule has 0 atom stereocenters. The van der Waals surface area contributed by atoms with Crippen LogP contribution in [0.1, 0.15) is 53.5 Å². The number of anilines is 1. The van der Waals surface area contributed by atoms with Gasteiger partial charge in [0.05, 0.1) is 31.7 Å². The lowest BCUT2D eigenvalue weighted by Crippen LogP contribution is -2.19. The van der Waals surface area contributed by atoms with Gasteiger partial charge in [0.25, 0.3) is 5.91 Å². The summed E-state index contributed by atoms with van der Waals surface area (Å²) < 4.78 is 21.0. The van der Waals surface area contributed by atoms with E-state index in [1.165, 1.54) is 38.7 Å². The van der Waals surface area contributed by atoms with Crippen LogP contribution in [0.4, 0.5) is 5.69 Å². The molecule has 3 aromatic rings. The molecule has 0 bridgehead atoms. The Labute approximate surface area is 197 Å². The molecule has 0 aliphatic heterocycles. The van der Waals surface area contributed by atoms with Gasteiger partial charge in [-0.05, 0) is 68.1 Å². The first-order valence-corrected chi connectivity index (χ1v) is 10.6. The van der Waals surface area contributed by atoms with Gasteiger partial charge in [-0.2, -0.15) is 0 Å². The van der Waals surface area contributed by atoms with Gasteiger partial charge >= 0.3 is 5.97 Å². The topological polar surface area (TPSA) is 104 Å². The third-order valence-corrected chi connectivity index (χ3v) is 5.85. The maximum atomic E-state index is 13.0. The lowest BCUT2D eigenvalue weighted by molar-refractivity contribution is 0.0475. The second kappa shape index (κ2) is 10.2. The second-order valence-corrected chi connectivity index (χ2v) is 7.80. The molecule has 1 aromatic heterocycles. The molecule has 0 saturated heterocycles. The molecule has 34 heavy (non-hydrogen) atoms. The molecule has 0 saturated carbocycles. The molecule has 1 heterocycles. The largest absolute Gasteiger partial charge is 0.493 e. The standard InChI is InChI=1S/C26H27NO7/c1-14-10-18(17(4)16(3)15(14)2)21(28)13-34-26(30)19-11-23(31-5)24(32-6)12-20(19)27-25(29)22-8-7-9-33-22/h7-12H,13H2,1-6H3,(H,27,29). The van der Waals surface area contributed by atoms with Crippen LogP contribution in [-0.4, -0.2) is 38.5 Å². The maximum Gasteiger partial charge on any atom is 0.340 e. The Kier molecular flexibility index (Phi) is 7.40. The predicted molar refractivity (Wildman–Crippen MR) is 126 cm³/mol. The third kappa shape index (κ3) is 4.96. The quantitative estimate of drug-likeness (QED) is 0.376. The first-order valence-electron chi connectivity index (χ1n) is 10.6. The molecule has 1 amide bonds. The minimum Gasteiger partial charge on any atom is -0.493 e. The molecule has 178 valence electrons. The van der Waals surface area contributed by atoms with Gasteiger partial charge in [-0.25, -0.2) is 4.79 Å². The van der Waals surface area contributed by atoms with Crippen LogP contribution >= 0.6 is 0 Å². The number of benzene rings is 2. The molecule has 0 aliphatic rings. The summed E-state index contributed by atoms with van der Waals surface area (Å²) in [7, 11) is 2.85. The van der Waals surface area contributed by atoms with Crippen molar-refractivity contribution in [2.24, 2.45) is 0 Å². The van der Waals surface area contributed by atoms with Gasteiger partial charge in [0.2, 0.25) is 5.78 Å². The van der Waals surface area contributed by atoms with Crippen LogP contribution in [0, 0.1) is 27.7 Å². The van der Waals surface area contributed by atoms with Gasteiger partial charge in [-0.1, -0.05) is 0 Å². The fourth-order valence-corrected chi connectivity index (χ4v) is 3.53. The molecule has 2 aromatic carbocycles. The molecule has 0 unspecified atom stereocenters. The Bertz CT molecular complexity index is 1240. The Morgan fingerprint density at radius 2 is 1.56 bits per heavy atom. The predicted octanol–water partition coefficient (Wildman–Crippen LogP) is 4.82. The molecule has 0 fully saturated rings. The first-order chi connectivity index (χ1) is 16.2. The SMILES string of the molecule is COc1cc(NC(=O)c2ccco2)c(C(=O)OCC(=O)c2cc(C)c(C)c(C)c2C)cc1OC. The normalized spacial score (nSPS) is 10.5. The number of furan rings is 1. The van der Waals surface area contributed by atoms with E-state index >= 15 is 0 Å². The van der Waals surface area contributed by atoms with Crippen LogP contribution in [0.3, 0.4) is 0 Å². The van der Waals surface area contributed by atoms with Crippen LogP contribution in [0.2, 0.25) is 0 Å². The fraction of sp³-hybridized carbons (Fsp3) is 0.269. The summed E-state index contributed by atoms with van der Waals surface area (Å²) in [6, 6.07) is 7.68. The van der Waals surface area contributed by atoms with Crippen LogP contribution in [0.25, 0.3) is 0 Å². The van der Waals surface area contributed by atoms with Gasteiger partial charge in [-0.3, -0.25) is 9.59 Å². The van der Waals surface area contributed by atoms with Crippen molar-refractivity contribution >= 4 is 23.3 Å². The number of methoxy groups -OCH3 is 2. The fourth-order valence-electron chi connectivity index (χ4n) is 3.53. The van der Waals surface area contributed by atoms with Crippen LogP contribution in [0.5, 0.6) is 11.5 Å². The van der Waals surface area contributed by atoms with Crippen molar-refractivity contribution < 1.29 is 33.0 Å². The minimum atomic E-state index is -0.803. The van der Waals surface area contributed by atoms with Crippen molar-refractivity contribution in [3.8, 4) is 11.5 Å². The molecular weight excluding hydrogens is 438 g/mol. The number of ether oxygens (including phenoxy) is 3. The van der Waals surface area contributed by atoms with Crippen molar-refractivity contribution in [3.05, 3.63) is 75.7 Å². The number of ketones is 1. The average Bonchev–Trinajstić information content (AvgIpc) is 3.38. The second-order valence-electron chi connectivity index (χ2n) is 7.80. The van der Waals surface area contributed by atoms with E-state index in [9.17, 15) is 14.4 Å². The summed E-state index contributed by atoms with van der Waals surface area (Å²) in [5.74, 6) is -1.07. The highest BCUT2D eigenvalue weighted by molar-refractivity contribution is 6.08. The van der Waals surface area contributed by atoms with E-state index in [0.29, 0.717) is 11.3 Å². The Morgan fingerprint density at radius 1 is 0.882 bits per heavy atom. The first kappa shape index (κ1) is 24.6. The zero-order valence-corrected chi connectivity index (χ0v) is 20.0. The zero-order chi connectivity index (χ0) is 25.0. The number of aryl methyl sites for hydroxylation is 1. The molecule has 8 nitrogen and oxygen atoms in total. The molecule has 3 rings (SSSR count). The van der Waals surface area contributed by atoms with E-state index in [1.807, 2.05) is 27.7 Å². The van der Waals surface area contributed by atoms with Crippen molar-refractivity contribution in [3.63, 3.8) is 0 Å². The van der Waals surface area contributed by atoms with E-state index in [2.05, 4.69) is 5.32 Å². The summed E-state index contributed by atoms with van der Waals surface area (Å²) in [5, 5.41) is 2.62. The van der Waals surface area contributed by atoms with E-state index in [1.54, 1.807) is 12.1 Å². The summed E-state index contributed by atoms with van der Waals surface area (Å²) in [6.45, 7) is 7.30. The monoisotopic (exact) mass is 465 g/mol. The number of nitrogens with one attached hydrogen (secondary N) is 1. The van der Waals surface area contributed by atoms with Crippen molar-refractivity contribution in [1.29, 1.82) is 0 Å². The number of hydrogen-bond acceptors (Lipinski definition) is 7. The zero-order valence-electron chi connectivity index (χ0n) is 20.0. The lowest BCUT2D eigenvalue weighted by atomic mass is 9.93. The van der Waals surface area contributed by atoms with Crippen molar-refractivity contribution in [2.75, 3.05) is 26.1 Å². The molecule has 0 radical (unpaired) electrons. The number of amides is 1. The van der Waals surface area contributed by atoms with Crippen LogP contribution < -0.4 is 14.8 Å². The number of hydrogen-bond donors (Lipinski definition) is 1. The average molecular weight is 466 g/mol. The van der Waals surface area contributed by atoms with E-state index in [0.717, 1.165) is 22.3 Å². The minimum absolute atomic E-state index is 0.00153. The maximum absolute atomic E-state index is 13.0. The van der Waals surface area contributed by atoms with Crippen LogP contribution in [-0.2, 0) is 4.74 Å². The van der Waals surface area contributed by atoms with E-state index < -0.39 is 18.5 Å². The molecule has 1 N–H and O–H groups in total. The van der Waals surface area contributed by atoms with Crippen LogP contribution in [0.15, 0.2) is 41.0 Å².